The Balaban J connectivity index is 1.85. The fourth-order valence-corrected chi connectivity index (χ4v) is 4.49. The SMILES string of the molecule is COc1ccc2c(c1)CC[C@@H]1C2=C[C@H](O)[C@]2(C)C(=O)C(O)=C[C@H]12. The lowest BCUT2D eigenvalue weighted by Gasteiger charge is -2.45. The van der Waals surface area contributed by atoms with E-state index in [-0.39, 0.29) is 23.4 Å². The van der Waals surface area contributed by atoms with Crippen molar-refractivity contribution in [1.82, 2.24) is 0 Å². The molecule has 0 unspecified atom stereocenters. The number of allylic oxidation sites excluding steroid dienone is 3. The summed E-state index contributed by atoms with van der Waals surface area (Å²) in [6.07, 6.45) is 4.38. The van der Waals surface area contributed by atoms with Crippen molar-refractivity contribution in [3.05, 3.63) is 47.2 Å². The first-order valence-corrected chi connectivity index (χ1v) is 7.99. The van der Waals surface area contributed by atoms with Crippen molar-refractivity contribution in [3.8, 4) is 5.75 Å². The summed E-state index contributed by atoms with van der Waals surface area (Å²) in [5.41, 5.74) is 2.47. The molecule has 0 radical (unpaired) electrons. The number of carbonyl (C=O) groups is 1. The van der Waals surface area contributed by atoms with Crippen molar-refractivity contribution < 1.29 is 19.7 Å². The van der Waals surface area contributed by atoms with Crippen LogP contribution in [0.4, 0.5) is 0 Å². The maximum atomic E-state index is 12.4. The number of fused-ring (bicyclic) bond motifs is 5. The molecule has 4 atom stereocenters. The van der Waals surface area contributed by atoms with E-state index >= 15 is 0 Å². The summed E-state index contributed by atoms with van der Waals surface area (Å²) in [6.45, 7) is 1.77. The normalized spacial score (nSPS) is 34.9. The number of methoxy groups -OCH3 is 1. The molecule has 4 heteroatoms. The lowest BCUT2D eigenvalue weighted by molar-refractivity contribution is -0.133. The third-order valence-corrected chi connectivity index (χ3v) is 5.88. The summed E-state index contributed by atoms with van der Waals surface area (Å²) < 4.78 is 5.29. The molecule has 0 spiro atoms. The molecule has 4 nitrogen and oxygen atoms in total. The maximum absolute atomic E-state index is 12.4. The smallest absolute Gasteiger partial charge is 0.206 e. The van der Waals surface area contributed by atoms with Crippen LogP contribution in [0, 0.1) is 17.3 Å². The van der Waals surface area contributed by atoms with Gasteiger partial charge in [-0.2, -0.15) is 0 Å². The number of hydrogen-bond donors (Lipinski definition) is 2. The molecule has 0 fully saturated rings. The average molecular weight is 312 g/mol. The molecule has 1 aromatic rings. The van der Waals surface area contributed by atoms with Gasteiger partial charge in [-0.15, -0.1) is 0 Å². The molecule has 0 saturated heterocycles. The van der Waals surface area contributed by atoms with Crippen LogP contribution in [0.1, 0.15) is 24.5 Å². The summed E-state index contributed by atoms with van der Waals surface area (Å²) in [7, 11) is 1.65. The van der Waals surface area contributed by atoms with Crippen molar-refractivity contribution in [3.63, 3.8) is 0 Å². The number of rotatable bonds is 1. The fraction of sp³-hybridized carbons (Fsp3) is 0.421. The quantitative estimate of drug-likeness (QED) is 0.836. The number of aliphatic hydroxyl groups excluding tert-OH is 2. The van der Waals surface area contributed by atoms with E-state index in [1.165, 1.54) is 5.56 Å². The van der Waals surface area contributed by atoms with E-state index in [1.54, 1.807) is 20.1 Å². The monoisotopic (exact) mass is 312 g/mol. The third-order valence-electron chi connectivity index (χ3n) is 5.88. The summed E-state index contributed by atoms with van der Waals surface area (Å²) in [6, 6.07) is 6.00. The summed E-state index contributed by atoms with van der Waals surface area (Å²) in [4.78, 5) is 12.4. The second kappa shape index (κ2) is 4.71. The van der Waals surface area contributed by atoms with Gasteiger partial charge in [0.1, 0.15) is 5.75 Å². The summed E-state index contributed by atoms with van der Waals surface area (Å²) in [5.74, 6) is 0.285. The second-order valence-electron chi connectivity index (χ2n) is 6.92. The van der Waals surface area contributed by atoms with Crippen LogP contribution in [0.25, 0.3) is 5.57 Å². The Labute approximate surface area is 135 Å². The zero-order valence-electron chi connectivity index (χ0n) is 13.2. The van der Waals surface area contributed by atoms with Gasteiger partial charge in [-0.3, -0.25) is 4.79 Å². The molecule has 120 valence electrons. The van der Waals surface area contributed by atoms with Crippen molar-refractivity contribution in [2.45, 2.75) is 25.9 Å². The topological polar surface area (TPSA) is 66.8 Å². The van der Waals surface area contributed by atoms with Gasteiger partial charge in [0, 0.05) is 5.92 Å². The first-order chi connectivity index (χ1) is 11.0. The van der Waals surface area contributed by atoms with E-state index in [0.717, 1.165) is 29.7 Å². The molecule has 0 aromatic heterocycles. The summed E-state index contributed by atoms with van der Waals surface area (Å²) >= 11 is 0. The Bertz CT molecular complexity index is 761. The number of aliphatic hydroxyl groups is 2. The van der Waals surface area contributed by atoms with Crippen LogP contribution >= 0.6 is 0 Å². The van der Waals surface area contributed by atoms with Crippen LogP contribution in [0.5, 0.6) is 5.75 Å². The minimum absolute atomic E-state index is 0.151. The van der Waals surface area contributed by atoms with Crippen molar-refractivity contribution in [2.75, 3.05) is 7.11 Å². The maximum Gasteiger partial charge on any atom is 0.206 e. The van der Waals surface area contributed by atoms with Gasteiger partial charge in [0.25, 0.3) is 0 Å². The highest BCUT2D eigenvalue weighted by molar-refractivity contribution is 6.02. The Kier molecular flexibility index (Phi) is 2.97. The molecular formula is C19H20O4. The van der Waals surface area contributed by atoms with E-state index < -0.39 is 11.5 Å². The number of ketones is 1. The number of ether oxygens (including phenoxy) is 1. The second-order valence-corrected chi connectivity index (χ2v) is 6.92. The largest absolute Gasteiger partial charge is 0.505 e. The minimum Gasteiger partial charge on any atom is -0.505 e. The van der Waals surface area contributed by atoms with Gasteiger partial charge >= 0.3 is 0 Å². The number of Topliss-reactive ketones (excluding diaryl/α,β-unsaturated/α-hetero) is 1. The molecule has 1 aromatic carbocycles. The average Bonchev–Trinajstić information content (AvgIpc) is 2.80. The fourth-order valence-electron chi connectivity index (χ4n) is 4.49. The van der Waals surface area contributed by atoms with Crippen LogP contribution in [0.3, 0.4) is 0 Å². The van der Waals surface area contributed by atoms with Crippen molar-refractivity contribution >= 4 is 11.4 Å². The first kappa shape index (κ1) is 14.5. The molecule has 23 heavy (non-hydrogen) atoms. The zero-order chi connectivity index (χ0) is 16.4. The van der Waals surface area contributed by atoms with Crippen LogP contribution in [-0.2, 0) is 11.2 Å². The highest BCUT2D eigenvalue weighted by Gasteiger charge is 2.57. The molecule has 2 N–H and O–H groups in total. The number of benzene rings is 1. The lowest BCUT2D eigenvalue weighted by atomic mass is 9.58. The van der Waals surface area contributed by atoms with Gasteiger partial charge in [-0.1, -0.05) is 12.1 Å². The number of carbonyl (C=O) groups excluding carboxylic acids is 1. The predicted octanol–water partition coefficient (Wildman–Crippen LogP) is 2.66. The Morgan fingerprint density at radius 2 is 2.09 bits per heavy atom. The van der Waals surface area contributed by atoms with Gasteiger partial charge in [0.2, 0.25) is 5.78 Å². The van der Waals surface area contributed by atoms with Crippen LogP contribution in [0.15, 0.2) is 36.1 Å². The van der Waals surface area contributed by atoms with Gasteiger partial charge in [0.05, 0.1) is 18.6 Å². The van der Waals surface area contributed by atoms with Gasteiger partial charge < -0.3 is 14.9 Å². The van der Waals surface area contributed by atoms with E-state index in [1.807, 2.05) is 24.3 Å². The lowest BCUT2D eigenvalue weighted by Crippen LogP contribution is -2.48. The zero-order valence-corrected chi connectivity index (χ0v) is 13.2. The summed E-state index contributed by atoms with van der Waals surface area (Å²) in [5, 5.41) is 20.6. The van der Waals surface area contributed by atoms with Crippen LogP contribution in [-0.4, -0.2) is 29.2 Å². The predicted molar refractivity (Wildman–Crippen MR) is 86.1 cm³/mol. The van der Waals surface area contributed by atoms with Gasteiger partial charge in [-0.25, -0.2) is 0 Å². The first-order valence-electron chi connectivity index (χ1n) is 7.99. The highest BCUT2D eigenvalue weighted by Crippen LogP contribution is 2.55. The number of aryl methyl sites for hydroxylation is 1. The van der Waals surface area contributed by atoms with Crippen LogP contribution < -0.4 is 4.74 Å². The highest BCUT2D eigenvalue weighted by atomic mass is 16.5. The van der Waals surface area contributed by atoms with Crippen molar-refractivity contribution in [2.24, 2.45) is 17.3 Å². The Morgan fingerprint density at radius 1 is 1.30 bits per heavy atom. The molecular weight excluding hydrogens is 292 g/mol. The van der Waals surface area contributed by atoms with E-state index in [0.29, 0.717) is 0 Å². The molecule has 0 amide bonds. The minimum atomic E-state index is -0.942. The molecule has 0 heterocycles. The molecule has 3 aliphatic rings. The molecule has 0 saturated carbocycles. The van der Waals surface area contributed by atoms with Gasteiger partial charge in [0.15, 0.2) is 5.76 Å². The van der Waals surface area contributed by atoms with Gasteiger partial charge in [-0.05, 0) is 60.6 Å². The van der Waals surface area contributed by atoms with E-state index in [2.05, 4.69) is 0 Å². The standard InChI is InChI=1S/C19H20O4/c1-19-15(9-16(20)18(19)22)13-5-3-10-7-11(23-2)4-6-12(10)14(13)8-17(19)21/h4,6-9,13,15,17,20-21H,3,5H2,1-2H3/t13-,15-,17+,19-/m1/s1. The molecule has 3 aliphatic carbocycles. The Morgan fingerprint density at radius 3 is 2.83 bits per heavy atom. The Hall–Kier alpha value is -2.07. The molecule has 0 bridgehead atoms. The van der Waals surface area contributed by atoms with Crippen LogP contribution in [0.2, 0.25) is 0 Å². The molecule has 0 aliphatic heterocycles. The van der Waals surface area contributed by atoms with Crippen molar-refractivity contribution in [1.29, 1.82) is 0 Å². The third kappa shape index (κ3) is 1.78. The van der Waals surface area contributed by atoms with E-state index in [4.69, 9.17) is 4.74 Å². The number of hydrogen-bond acceptors (Lipinski definition) is 4. The van der Waals surface area contributed by atoms with E-state index in [9.17, 15) is 15.0 Å². The molecule has 4 rings (SSSR count).